The maximum atomic E-state index is 12.3. The number of hydrogen-bond acceptors (Lipinski definition) is 4. The maximum Gasteiger partial charge on any atom is 0.223 e. The van der Waals surface area contributed by atoms with Crippen molar-refractivity contribution in [2.75, 3.05) is 26.2 Å². The second-order valence-corrected chi connectivity index (χ2v) is 7.62. The zero-order valence-electron chi connectivity index (χ0n) is 15.3. The second-order valence-electron chi connectivity index (χ2n) is 7.62. The molecule has 138 valence electrons. The van der Waals surface area contributed by atoms with Crippen molar-refractivity contribution in [1.29, 1.82) is 0 Å². The highest BCUT2D eigenvalue weighted by molar-refractivity contribution is 5.78. The quantitative estimate of drug-likeness (QED) is 0.861. The predicted octanol–water partition coefficient (Wildman–Crippen LogP) is 2.62. The second kappa shape index (κ2) is 9.30. The summed E-state index contributed by atoms with van der Waals surface area (Å²) < 4.78 is 5.88. The number of pyridine rings is 1. The normalized spacial score (nSPS) is 27.8. The summed E-state index contributed by atoms with van der Waals surface area (Å²) in [6.45, 7) is 6.61. The van der Waals surface area contributed by atoms with Gasteiger partial charge in [-0.05, 0) is 55.7 Å². The van der Waals surface area contributed by atoms with Crippen LogP contribution in [0.5, 0.6) is 0 Å². The molecule has 0 aromatic carbocycles. The van der Waals surface area contributed by atoms with Gasteiger partial charge in [-0.25, -0.2) is 0 Å². The molecule has 0 radical (unpaired) electrons. The van der Waals surface area contributed by atoms with Gasteiger partial charge in [-0.15, -0.1) is 0 Å². The molecule has 1 aliphatic carbocycles. The van der Waals surface area contributed by atoms with Gasteiger partial charge < -0.3 is 10.1 Å². The van der Waals surface area contributed by atoms with E-state index in [0.29, 0.717) is 0 Å². The number of nitrogens with one attached hydrogen (secondary N) is 1. The van der Waals surface area contributed by atoms with Gasteiger partial charge in [0.1, 0.15) is 0 Å². The SMILES string of the molecule is CC1CCC(C(=O)NCCC2CN(Cc3ccncc3)CCO2)CC1. The van der Waals surface area contributed by atoms with Crippen molar-refractivity contribution < 1.29 is 9.53 Å². The summed E-state index contributed by atoms with van der Waals surface area (Å²) in [4.78, 5) is 18.8. The molecule has 2 aliphatic rings. The van der Waals surface area contributed by atoms with E-state index in [-0.39, 0.29) is 17.9 Å². The lowest BCUT2D eigenvalue weighted by Crippen LogP contribution is -2.43. The van der Waals surface area contributed by atoms with Gasteiger partial charge in [0.2, 0.25) is 5.91 Å². The number of aromatic nitrogens is 1. The Kier molecular flexibility index (Phi) is 6.82. The van der Waals surface area contributed by atoms with E-state index < -0.39 is 0 Å². The van der Waals surface area contributed by atoms with Crippen molar-refractivity contribution in [3.05, 3.63) is 30.1 Å². The predicted molar refractivity (Wildman–Crippen MR) is 98.0 cm³/mol. The molecular formula is C20H31N3O2. The van der Waals surface area contributed by atoms with E-state index in [9.17, 15) is 4.79 Å². The number of hydrogen-bond donors (Lipinski definition) is 1. The van der Waals surface area contributed by atoms with Gasteiger partial charge in [0.05, 0.1) is 12.7 Å². The van der Waals surface area contributed by atoms with Crippen molar-refractivity contribution in [2.24, 2.45) is 11.8 Å². The lowest BCUT2D eigenvalue weighted by Gasteiger charge is -2.33. The summed E-state index contributed by atoms with van der Waals surface area (Å²) in [5, 5.41) is 3.13. The highest BCUT2D eigenvalue weighted by Crippen LogP contribution is 2.28. The highest BCUT2D eigenvalue weighted by atomic mass is 16.5. The van der Waals surface area contributed by atoms with Crippen LogP contribution in [0, 0.1) is 11.8 Å². The van der Waals surface area contributed by atoms with Gasteiger partial charge in [0.15, 0.2) is 0 Å². The van der Waals surface area contributed by atoms with E-state index in [4.69, 9.17) is 4.74 Å². The number of carbonyl (C=O) groups excluding carboxylic acids is 1. The fourth-order valence-electron chi connectivity index (χ4n) is 3.87. The van der Waals surface area contributed by atoms with Crippen LogP contribution in [0.4, 0.5) is 0 Å². The van der Waals surface area contributed by atoms with Crippen molar-refractivity contribution in [1.82, 2.24) is 15.2 Å². The van der Waals surface area contributed by atoms with Gasteiger partial charge in [0.25, 0.3) is 0 Å². The first-order valence-electron chi connectivity index (χ1n) is 9.71. The molecule has 2 fully saturated rings. The fourth-order valence-corrected chi connectivity index (χ4v) is 3.87. The number of amides is 1. The zero-order chi connectivity index (χ0) is 17.5. The smallest absolute Gasteiger partial charge is 0.223 e. The minimum absolute atomic E-state index is 0.210. The van der Waals surface area contributed by atoms with Crippen LogP contribution >= 0.6 is 0 Å². The number of carbonyl (C=O) groups is 1. The molecule has 25 heavy (non-hydrogen) atoms. The van der Waals surface area contributed by atoms with Crippen LogP contribution in [0.1, 0.15) is 44.6 Å². The first-order valence-corrected chi connectivity index (χ1v) is 9.71. The van der Waals surface area contributed by atoms with Gasteiger partial charge in [0, 0.05) is 44.5 Å². The molecule has 1 atom stereocenters. The maximum absolute atomic E-state index is 12.3. The molecular weight excluding hydrogens is 314 g/mol. The molecule has 2 heterocycles. The summed E-state index contributed by atoms with van der Waals surface area (Å²) in [5.41, 5.74) is 1.29. The number of rotatable bonds is 6. The Hall–Kier alpha value is -1.46. The lowest BCUT2D eigenvalue weighted by molar-refractivity contribution is -0.126. The Labute approximate surface area is 151 Å². The van der Waals surface area contributed by atoms with E-state index in [1.807, 2.05) is 12.4 Å². The van der Waals surface area contributed by atoms with Crippen molar-refractivity contribution >= 4 is 5.91 Å². The topological polar surface area (TPSA) is 54.5 Å². The number of morpholine rings is 1. The van der Waals surface area contributed by atoms with Gasteiger partial charge in [-0.3, -0.25) is 14.7 Å². The Morgan fingerprint density at radius 3 is 2.80 bits per heavy atom. The highest BCUT2D eigenvalue weighted by Gasteiger charge is 2.25. The molecule has 1 aliphatic heterocycles. The van der Waals surface area contributed by atoms with Gasteiger partial charge in [-0.1, -0.05) is 6.92 Å². The van der Waals surface area contributed by atoms with E-state index in [1.54, 1.807) is 0 Å². The number of nitrogens with zero attached hydrogens (tertiary/aromatic N) is 2. The average molecular weight is 345 g/mol. The van der Waals surface area contributed by atoms with E-state index >= 15 is 0 Å². The summed E-state index contributed by atoms with van der Waals surface area (Å²) in [6.07, 6.45) is 9.26. The van der Waals surface area contributed by atoms with Crippen LogP contribution < -0.4 is 5.32 Å². The van der Waals surface area contributed by atoms with Crippen LogP contribution in [0.2, 0.25) is 0 Å². The summed E-state index contributed by atoms with van der Waals surface area (Å²) in [5.74, 6) is 1.26. The molecule has 1 aromatic rings. The Morgan fingerprint density at radius 1 is 1.28 bits per heavy atom. The Balaban J connectivity index is 1.36. The molecule has 1 unspecified atom stereocenters. The van der Waals surface area contributed by atoms with Gasteiger partial charge >= 0.3 is 0 Å². The van der Waals surface area contributed by atoms with Crippen LogP contribution in [0.25, 0.3) is 0 Å². The van der Waals surface area contributed by atoms with Crippen LogP contribution in [-0.2, 0) is 16.1 Å². The fraction of sp³-hybridized carbons (Fsp3) is 0.700. The molecule has 0 bridgehead atoms. The molecule has 1 N–H and O–H groups in total. The lowest BCUT2D eigenvalue weighted by atomic mass is 9.82. The van der Waals surface area contributed by atoms with E-state index in [2.05, 4.69) is 34.3 Å². The number of ether oxygens (including phenoxy) is 1. The minimum Gasteiger partial charge on any atom is -0.375 e. The third kappa shape index (κ3) is 5.79. The Bertz CT molecular complexity index is 529. The standard InChI is InChI=1S/C20H31N3O2/c1-16-2-4-18(5-3-16)20(24)22-11-8-19-15-23(12-13-25-19)14-17-6-9-21-10-7-17/h6-7,9-10,16,18-19H,2-5,8,11-15H2,1H3,(H,22,24). The Morgan fingerprint density at radius 2 is 2.04 bits per heavy atom. The zero-order valence-corrected chi connectivity index (χ0v) is 15.3. The summed E-state index contributed by atoms with van der Waals surface area (Å²) in [7, 11) is 0. The van der Waals surface area contributed by atoms with E-state index in [0.717, 1.165) is 58.0 Å². The van der Waals surface area contributed by atoms with Crippen LogP contribution in [0.3, 0.4) is 0 Å². The van der Waals surface area contributed by atoms with E-state index in [1.165, 1.54) is 18.4 Å². The van der Waals surface area contributed by atoms with Crippen molar-refractivity contribution in [2.45, 2.75) is 51.7 Å². The molecule has 3 rings (SSSR count). The molecule has 5 nitrogen and oxygen atoms in total. The molecule has 1 amide bonds. The summed E-state index contributed by atoms with van der Waals surface area (Å²) in [6, 6.07) is 4.13. The molecule has 1 aromatic heterocycles. The molecule has 0 spiro atoms. The third-order valence-corrected chi connectivity index (χ3v) is 5.53. The first-order chi connectivity index (χ1) is 12.2. The van der Waals surface area contributed by atoms with Gasteiger partial charge in [-0.2, -0.15) is 0 Å². The molecule has 1 saturated carbocycles. The third-order valence-electron chi connectivity index (χ3n) is 5.53. The minimum atomic E-state index is 0.210. The average Bonchev–Trinajstić information content (AvgIpc) is 2.63. The van der Waals surface area contributed by atoms with Crippen molar-refractivity contribution in [3.8, 4) is 0 Å². The monoisotopic (exact) mass is 345 g/mol. The molecule has 5 heteroatoms. The van der Waals surface area contributed by atoms with Crippen molar-refractivity contribution in [3.63, 3.8) is 0 Å². The van der Waals surface area contributed by atoms with Crippen LogP contribution in [-0.4, -0.2) is 48.1 Å². The summed E-state index contributed by atoms with van der Waals surface area (Å²) >= 11 is 0. The largest absolute Gasteiger partial charge is 0.375 e. The van der Waals surface area contributed by atoms with Crippen LogP contribution in [0.15, 0.2) is 24.5 Å². The molecule has 1 saturated heterocycles. The first kappa shape index (κ1) is 18.3.